The van der Waals surface area contributed by atoms with Crippen molar-refractivity contribution in [1.82, 2.24) is 9.88 Å². The van der Waals surface area contributed by atoms with E-state index in [9.17, 15) is 15.0 Å². The normalized spacial score (nSPS) is 24.6. The maximum atomic E-state index is 14.4. The number of unbranched alkanes of at least 4 members (excludes halogenated alkanes) is 2. The zero-order valence-corrected chi connectivity index (χ0v) is 36.3. The molecule has 0 unspecified atom stereocenters. The van der Waals surface area contributed by atoms with Gasteiger partial charge in [-0.15, -0.1) is 6.58 Å². The number of carbonyl (C=O) groups excluding carboxylic acids is 1. The molecular formula is C47H69N3O8. The maximum absolute atomic E-state index is 14.4. The Morgan fingerprint density at radius 1 is 1.07 bits per heavy atom. The van der Waals surface area contributed by atoms with Gasteiger partial charge >= 0.3 is 6.09 Å². The Hall–Kier alpha value is -3.93. The second kappa shape index (κ2) is 19.9. The average molecular weight is 804 g/mol. The summed E-state index contributed by atoms with van der Waals surface area (Å²) in [5, 5.41) is 24.7. The minimum atomic E-state index is -1.35. The SMILES string of the molecule is C=CCO[C@@]12Oc3ccc(OCc4cccc(C)n4)cc3[C@H]3[C@H](CCCCO)[C@@H](CCCCO)C=C(C(=NOC(C)(C)C)C[C@@H]1N(CCC)C(=O)OCC(C)(C)C)[C@H]32. The van der Waals surface area contributed by atoms with Gasteiger partial charge in [0, 0.05) is 43.4 Å². The molecule has 2 heterocycles. The number of carbonyl (C=O) groups is 1. The number of allylic oxidation sites excluding steroid dienone is 1. The molecule has 2 N–H and O–H groups in total. The van der Waals surface area contributed by atoms with Gasteiger partial charge in [0.15, 0.2) is 0 Å². The van der Waals surface area contributed by atoms with Crippen LogP contribution in [0.5, 0.6) is 11.5 Å². The Labute approximate surface area is 346 Å². The first-order valence-electron chi connectivity index (χ1n) is 21.4. The second-order valence-corrected chi connectivity index (χ2v) is 18.3. The van der Waals surface area contributed by atoms with Gasteiger partial charge < -0.3 is 34.0 Å². The number of pyridine rings is 1. The predicted molar refractivity (Wildman–Crippen MR) is 227 cm³/mol. The molecule has 0 spiro atoms. The van der Waals surface area contributed by atoms with Crippen LogP contribution >= 0.6 is 0 Å². The largest absolute Gasteiger partial charge is 0.487 e. The highest BCUT2D eigenvalue weighted by molar-refractivity contribution is 6.03. The standard InChI is InChI=1S/C47H69N3O8/c1-10-23-50(44(53)55-31-45(4,5)6)41-29-39(49-58-46(7,8)9)37-27-33(18-12-14-24-51)36(20-13-15-25-52)42-38-28-35(54-30-34-19-16-17-32(3)48-34)21-22-40(38)57-47(41,43(37)42)56-26-11-2/h11,16-17,19,21-22,27-28,33,36,41-43,51-52H,2,10,12-15,18,20,23-26,29-31H2,1,3-9H3/t33-,36+,41-,42+,43+,47+/m0/s1. The summed E-state index contributed by atoms with van der Waals surface area (Å²) in [6, 6.07) is 11.3. The Kier molecular flexibility index (Phi) is 15.5. The van der Waals surface area contributed by atoms with Crippen LogP contribution in [0.15, 0.2) is 65.9 Å². The number of aromatic nitrogens is 1. The number of amides is 1. The second-order valence-electron chi connectivity index (χ2n) is 18.3. The molecule has 11 heteroatoms. The van der Waals surface area contributed by atoms with E-state index in [1.807, 2.05) is 78.8 Å². The summed E-state index contributed by atoms with van der Waals surface area (Å²) in [5.41, 5.74) is 3.69. The summed E-state index contributed by atoms with van der Waals surface area (Å²) < 4.78 is 26.9. The van der Waals surface area contributed by atoms with Gasteiger partial charge in [-0.2, -0.15) is 0 Å². The number of nitrogens with zero attached hydrogens (tertiary/aromatic N) is 3. The van der Waals surface area contributed by atoms with Crippen molar-refractivity contribution < 1.29 is 38.8 Å². The molecule has 1 fully saturated rings. The van der Waals surface area contributed by atoms with E-state index in [1.165, 1.54) is 0 Å². The van der Waals surface area contributed by atoms with E-state index in [1.54, 1.807) is 11.0 Å². The molecule has 1 amide bonds. The summed E-state index contributed by atoms with van der Waals surface area (Å²) in [5.74, 6) is -0.356. The van der Waals surface area contributed by atoms with Crippen LogP contribution in [-0.4, -0.2) is 82.3 Å². The fourth-order valence-electron chi connectivity index (χ4n) is 8.74. The smallest absolute Gasteiger partial charge is 0.410 e. The van der Waals surface area contributed by atoms with Crippen LogP contribution in [0, 0.1) is 30.1 Å². The molecule has 1 aliphatic heterocycles. The number of aliphatic hydroxyl groups is 2. The topological polar surface area (TPSA) is 132 Å². The number of hydrogen-bond acceptors (Lipinski definition) is 10. The highest BCUT2D eigenvalue weighted by atomic mass is 16.7. The van der Waals surface area contributed by atoms with Crippen LogP contribution in [0.4, 0.5) is 4.79 Å². The van der Waals surface area contributed by atoms with Gasteiger partial charge in [-0.05, 0) is 113 Å². The molecule has 320 valence electrons. The lowest BCUT2D eigenvalue weighted by atomic mass is 9.55. The first-order chi connectivity index (χ1) is 27.6. The van der Waals surface area contributed by atoms with Gasteiger partial charge in [0.05, 0.1) is 30.5 Å². The molecule has 3 aliphatic rings. The summed E-state index contributed by atoms with van der Waals surface area (Å²) in [4.78, 5) is 27.1. The Balaban J connectivity index is 1.76. The van der Waals surface area contributed by atoms with E-state index in [2.05, 4.69) is 30.6 Å². The van der Waals surface area contributed by atoms with Crippen molar-refractivity contribution in [2.75, 3.05) is 33.0 Å². The number of aryl methyl sites for hydroxylation is 1. The van der Waals surface area contributed by atoms with Crippen molar-refractivity contribution in [2.24, 2.45) is 28.3 Å². The minimum absolute atomic E-state index is 0.0954. The third-order valence-electron chi connectivity index (χ3n) is 11.1. The predicted octanol–water partition coefficient (Wildman–Crippen LogP) is 9.30. The molecule has 0 bridgehead atoms. The van der Waals surface area contributed by atoms with E-state index in [4.69, 9.17) is 28.9 Å². The van der Waals surface area contributed by atoms with Crippen molar-refractivity contribution in [3.63, 3.8) is 0 Å². The molecular weight excluding hydrogens is 735 g/mol. The molecule has 2 aromatic rings. The minimum Gasteiger partial charge on any atom is -0.487 e. The van der Waals surface area contributed by atoms with Gasteiger partial charge in [-0.1, -0.05) is 63.9 Å². The van der Waals surface area contributed by atoms with Crippen LogP contribution < -0.4 is 9.47 Å². The number of ether oxygens (including phenoxy) is 4. The number of benzene rings is 1. The number of aliphatic hydroxyl groups excluding tert-OH is 2. The van der Waals surface area contributed by atoms with Gasteiger partial charge in [0.2, 0.25) is 5.79 Å². The average Bonchev–Trinajstić information content (AvgIpc) is 3.17. The molecule has 11 nitrogen and oxygen atoms in total. The first-order valence-corrected chi connectivity index (χ1v) is 21.4. The quantitative estimate of drug-likeness (QED) is 0.0810. The molecule has 1 aromatic heterocycles. The summed E-state index contributed by atoms with van der Waals surface area (Å²) in [7, 11) is 0. The zero-order chi connectivity index (χ0) is 42.1. The maximum Gasteiger partial charge on any atom is 0.410 e. The van der Waals surface area contributed by atoms with E-state index in [-0.39, 0.29) is 49.6 Å². The van der Waals surface area contributed by atoms with E-state index < -0.39 is 29.4 Å². The monoisotopic (exact) mass is 804 g/mol. The summed E-state index contributed by atoms with van der Waals surface area (Å²) in [6.45, 7) is 21.5. The van der Waals surface area contributed by atoms with Crippen LogP contribution in [0.25, 0.3) is 0 Å². The van der Waals surface area contributed by atoms with Gasteiger partial charge in [-0.3, -0.25) is 9.88 Å². The molecule has 58 heavy (non-hydrogen) atoms. The molecule has 1 aromatic carbocycles. The molecule has 0 saturated heterocycles. The molecule has 5 rings (SSSR count). The van der Waals surface area contributed by atoms with Crippen LogP contribution in [0.2, 0.25) is 0 Å². The first kappa shape index (κ1) is 45.2. The highest BCUT2D eigenvalue weighted by Gasteiger charge is 2.65. The fourth-order valence-corrected chi connectivity index (χ4v) is 8.74. The lowest BCUT2D eigenvalue weighted by Crippen LogP contribution is -2.70. The lowest BCUT2D eigenvalue weighted by molar-refractivity contribution is -0.255. The van der Waals surface area contributed by atoms with Gasteiger partial charge in [0.1, 0.15) is 29.7 Å². The van der Waals surface area contributed by atoms with E-state index in [0.29, 0.717) is 50.3 Å². The number of fused-ring (bicyclic) bond motifs is 2. The van der Waals surface area contributed by atoms with E-state index >= 15 is 0 Å². The Bertz CT molecular complexity index is 1750. The van der Waals surface area contributed by atoms with Crippen molar-refractivity contribution in [3.05, 3.63) is 77.7 Å². The third kappa shape index (κ3) is 11.0. The lowest BCUT2D eigenvalue weighted by Gasteiger charge is -2.60. The highest BCUT2D eigenvalue weighted by Crippen LogP contribution is 2.62. The molecule has 1 saturated carbocycles. The Morgan fingerprint density at radius 3 is 2.47 bits per heavy atom. The van der Waals surface area contributed by atoms with Gasteiger partial charge in [-0.25, -0.2) is 4.79 Å². The summed E-state index contributed by atoms with van der Waals surface area (Å²) in [6.07, 6.45) is 9.42. The van der Waals surface area contributed by atoms with Crippen molar-refractivity contribution in [1.29, 1.82) is 0 Å². The number of rotatable bonds is 19. The van der Waals surface area contributed by atoms with E-state index in [0.717, 1.165) is 53.9 Å². The summed E-state index contributed by atoms with van der Waals surface area (Å²) >= 11 is 0. The Morgan fingerprint density at radius 2 is 1.81 bits per heavy atom. The van der Waals surface area contributed by atoms with Crippen LogP contribution in [0.3, 0.4) is 0 Å². The van der Waals surface area contributed by atoms with Crippen LogP contribution in [-0.2, 0) is 20.9 Å². The molecule has 2 aliphatic carbocycles. The number of oxime groups is 1. The zero-order valence-electron chi connectivity index (χ0n) is 36.3. The third-order valence-corrected chi connectivity index (χ3v) is 11.1. The van der Waals surface area contributed by atoms with Gasteiger partial charge in [0.25, 0.3) is 0 Å². The number of hydrogen-bond donors (Lipinski definition) is 2. The van der Waals surface area contributed by atoms with Crippen molar-refractivity contribution in [2.45, 2.75) is 137 Å². The van der Waals surface area contributed by atoms with Crippen molar-refractivity contribution in [3.8, 4) is 11.5 Å². The fraction of sp³-hybridized carbons (Fsp3) is 0.638. The molecule has 0 radical (unpaired) electrons. The van der Waals surface area contributed by atoms with Crippen molar-refractivity contribution >= 4 is 11.8 Å². The molecule has 6 atom stereocenters. The van der Waals surface area contributed by atoms with Crippen LogP contribution in [0.1, 0.15) is 123 Å².